The van der Waals surface area contributed by atoms with E-state index in [2.05, 4.69) is 17.4 Å². The van der Waals surface area contributed by atoms with E-state index in [1.807, 2.05) is 41.3 Å². The zero-order chi connectivity index (χ0) is 13.6. The predicted octanol–water partition coefficient (Wildman–Crippen LogP) is 1.82. The van der Waals surface area contributed by atoms with Crippen LogP contribution in [0.4, 0.5) is 0 Å². The van der Waals surface area contributed by atoms with Crippen LogP contribution in [0.2, 0.25) is 0 Å². The molecule has 2 unspecified atom stereocenters. The number of nitrogens with zero attached hydrogens (tertiary/aromatic N) is 4. The molecule has 2 atom stereocenters. The minimum Gasteiger partial charge on any atom is -0.342 e. The highest BCUT2D eigenvalue weighted by molar-refractivity contribution is 5.03. The average molecular weight is 256 g/mol. The largest absolute Gasteiger partial charge is 0.342 e. The molecule has 2 aliphatic heterocycles. The van der Waals surface area contributed by atoms with Gasteiger partial charge in [0, 0.05) is 6.92 Å². The monoisotopic (exact) mass is 256 g/mol. The molecule has 0 N–H and O–H groups in total. The Labute approximate surface area is 109 Å². The lowest BCUT2D eigenvalue weighted by molar-refractivity contribution is -0.941. The molecular formula is C12H24N4O2+2. The van der Waals surface area contributed by atoms with E-state index in [0.717, 1.165) is 12.1 Å². The summed E-state index contributed by atoms with van der Waals surface area (Å²) in [6, 6.07) is 0. The fourth-order valence-corrected chi connectivity index (χ4v) is 2.36. The van der Waals surface area contributed by atoms with Crippen LogP contribution in [0, 0.1) is 0 Å². The van der Waals surface area contributed by atoms with Crippen molar-refractivity contribution in [2.75, 3.05) is 34.8 Å². The molecule has 1 fully saturated rings. The first kappa shape index (κ1) is 13.6. The number of hydrogen-bond acceptors (Lipinski definition) is 4. The molecule has 0 aromatic heterocycles. The first-order chi connectivity index (χ1) is 8.15. The maximum atomic E-state index is 6.02. The Kier molecular flexibility index (Phi) is 3.09. The third kappa shape index (κ3) is 2.47. The maximum absolute atomic E-state index is 6.02. The fourth-order valence-electron chi connectivity index (χ4n) is 2.36. The zero-order valence-corrected chi connectivity index (χ0v) is 12.2. The van der Waals surface area contributed by atoms with Crippen LogP contribution in [-0.4, -0.2) is 55.9 Å². The minimum atomic E-state index is -0.726. The van der Waals surface area contributed by atoms with Crippen LogP contribution in [-0.2, 0) is 9.47 Å². The van der Waals surface area contributed by atoms with Gasteiger partial charge in [0.15, 0.2) is 6.20 Å². The van der Waals surface area contributed by atoms with Gasteiger partial charge >= 0.3 is 0 Å². The van der Waals surface area contributed by atoms with Crippen LogP contribution in [0.15, 0.2) is 22.3 Å². The molecule has 6 nitrogen and oxygen atoms in total. The second-order valence-corrected chi connectivity index (χ2v) is 6.08. The van der Waals surface area contributed by atoms with Gasteiger partial charge in [-0.25, -0.2) is 0 Å². The molecule has 0 aromatic rings. The molecule has 18 heavy (non-hydrogen) atoms. The molecule has 0 amide bonds. The van der Waals surface area contributed by atoms with Crippen LogP contribution in [0.5, 0.6) is 0 Å². The van der Waals surface area contributed by atoms with Crippen molar-refractivity contribution in [3.05, 3.63) is 11.9 Å². The topological polar surface area (TPSA) is 43.2 Å². The van der Waals surface area contributed by atoms with E-state index in [1.165, 1.54) is 0 Å². The van der Waals surface area contributed by atoms with Gasteiger partial charge in [0.05, 0.1) is 51.3 Å². The molecule has 0 aliphatic carbocycles. The van der Waals surface area contributed by atoms with E-state index < -0.39 is 5.79 Å². The molecule has 1 saturated heterocycles. The van der Waals surface area contributed by atoms with Crippen molar-refractivity contribution < 1.29 is 18.7 Å². The van der Waals surface area contributed by atoms with Gasteiger partial charge in [0.2, 0.25) is 0 Å². The quantitative estimate of drug-likeness (QED) is 0.672. The summed E-state index contributed by atoms with van der Waals surface area (Å²) in [5, 5.41) is 8.60. The Morgan fingerprint density at radius 2 is 1.94 bits per heavy atom. The summed E-state index contributed by atoms with van der Waals surface area (Å²) in [7, 11) is 7.90. The first-order valence-corrected chi connectivity index (χ1v) is 6.33. The lowest BCUT2D eigenvalue weighted by atomic mass is 10.1. The van der Waals surface area contributed by atoms with Crippen LogP contribution in [0.1, 0.15) is 20.3 Å². The number of hydrogen-bond donors (Lipinski definition) is 0. The first-order valence-electron chi connectivity index (χ1n) is 6.33. The van der Waals surface area contributed by atoms with Crippen molar-refractivity contribution in [1.82, 2.24) is 0 Å². The van der Waals surface area contributed by atoms with Gasteiger partial charge in [-0.2, -0.15) is 0 Å². The van der Waals surface area contributed by atoms with Crippen LogP contribution in [0.25, 0.3) is 0 Å². The van der Waals surface area contributed by atoms with Gasteiger partial charge in [0.25, 0.3) is 11.5 Å². The van der Waals surface area contributed by atoms with E-state index in [4.69, 9.17) is 9.47 Å². The third-order valence-electron chi connectivity index (χ3n) is 3.32. The van der Waals surface area contributed by atoms with Crippen molar-refractivity contribution in [2.45, 2.75) is 32.2 Å². The van der Waals surface area contributed by atoms with Crippen LogP contribution in [0.3, 0.4) is 0 Å². The second kappa shape index (κ2) is 4.09. The molecule has 102 valence electrons. The lowest BCUT2D eigenvalue weighted by Crippen LogP contribution is -2.54. The van der Waals surface area contributed by atoms with E-state index in [1.54, 1.807) is 0 Å². The number of likely N-dealkylation sites (N-methyl/N-ethyl adjacent to an activating group) is 1. The zero-order valence-electron chi connectivity index (χ0n) is 12.2. The third-order valence-corrected chi connectivity index (χ3v) is 3.32. The van der Waals surface area contributed by atoms with Crippen molar-refractivity contribution in [3.8, 4) is 0 Å². The molecule has 0 saturated carbocycles. The number of quaternary nitrogens is 2. The Balaban J connectivity index is 2.38. The van der Waals surface area contributed by atoms with Crippen molar-refractivity contribution in [1.29, 1.82) is 0 Å². The van der Waals surface area contributed by atoms with Crippen molar-refractivity contribution in [2.24, 2.45) is 10.4 Å². The summed E-state index contributed by atoms with van der Waals surface area (Å²) in [6.45, 7) is 4.75. The molecule has 0 spiro atoms. The number of rotatable bonds is 1. The molecule has 0 bridgehead atoms. The normalized spacial score (nSPS) is 38.3. The van der Waals surface area contributed by atoms with Crippen molar-refractivity contribution >= 4 is 0 Å². The minimum absolute atomic E-state index is 0.194. The average Bonchev–Trinajstić information content (AvgIpc) is 2.22. The Morgan fingerprint density at radius 1 is 1.28 bits per heavy atom. The molecule has 0 radical (unpaired) electrons. The Bertz CT molecular complexity index is 403. The predicted molar refractivity (Wildman–Crippen MR) is 66.7 cm³/mol. The SMILES string of the molecule is CC1CCOC(C)(C2=C[N+](C)(C)N=N[N+]2(C)C)O1. The van der Waals surface area contributed by atoms with Crippen LogP contribution >= 0.6 is 0 Å². The van der Waals surface area contributed by atoms with E-state index in [-0.39, 0.29) is 6.10 Å². The molecule has 0 aromatic carbocycles. The lowest BCUT2D eigenvalue weighted by Gasteiger charge is -2.41. The summed E-state index contributed by atoms with van der Waals surface area (Å²) in [6.07, 6.45) is 3.17. The summed E-state index contributed by atoms with van der Waals surface area (Å²) in [4.78, 5) is 0. The van der Waals surface area contributed by atoms with Gasteiger partial charge in [-0.3, -0.25) is 0 Å². The number of ether oxygens (including phenoxy) is 2. The molecule has 2 heterocycles. The molecule has 2 aliphatic rings. The summed E-state index contributed by atoms with van der Waals surface area (Å²) in [5.41, 5.74) is 0.981. The molecule has 2 rings (SSSR count). The van der Waals surface area contributed by atoms with Gasteiger partial charge in [-0.05, 0) is 13.3 Å². The van der Waals surface area contributed by atoms with Gasteiger partial charge in [0.1, 0.15) is 0 Å². The second-order valence-electron chi connectivity index (χ2n) is 6.08. The van der Waals surface area contributed by atoms with E-state index in [0.29, 0.717) is 15.8 Å². The van der Waals surface area contributed by atoms with E-state index >= 15 is 0 Å². The smallest absolute Gasteiger partial charge is 0.252 e. The van der Waals surface area contributed by atoms with Gasteiger partial charge in [-0.1, -0.05) is 0 Å². The Morgan fingerprint density at radius 3 is 2.56 bits per heavy atom. The maximum Gasteiger partial charge on any atom is 0.252 e. The molecular weight excluding hydrogens is 232 g/mol. The van der Waals surface area contributed by atoms with Gasteiger partial charge in [-0.15, -0.1) is 9.18 Å². The molecule has 6 heteroatoms. The summed E-state index contributed by atoms with van der Waals surface area (Å²) < 4.78 is 12.6. The fraction of sp³-hybridized carbons (Fsp3) is 0.833. The van der Waals surface area contributed by atoms with E-state index in [9.17, 15) is 0 Å². The standard InChI is InChI=1S/C12H24N4O2/c1-10-7-8-17-12(2,18-10)11-9-15(3,4)13-14-16(11,5)6/h9-10H,7-8H2,1-6H3/q+2. The van der Waals surface area contributed by atoms with Gasteiger partial charge < -0.3 is 9.47 Å². The summed E-state index contributed by atoms with van der Waals surface area (Å²) >= 11 is 0. The van der Waals surface area contributed by atoms with Crippen LogP contribution < -0.4 is 0 Å². The highest BCUT2D eigenvalue weighted by Crippen LogP contribution is 2.37. The highest BCUT2D eigenvalue weighted by atomic mass is 16.7. The van der Waals surface area contributed by atoms with Crippen molar-refractivity contribution in [3.63, 3.8) is 0 Å². The summed E-state index contributed by atoms with van der Waals surface area (Å²) in [5.74, 6) is -0.726. The Hall–Kier alpha value is -0.820. The highest BCUT2D eigenvalue weighted by Gasteiger charge is 2.51.